The molecule has 1 amide bonds. The number of amides is 1. The third kappa shape index (κ3) is 3.31. The predicted molar refractivity (Wildman–Crippen MR) is 85.6 cm³/mol. The highest BCUT2D eigenvalue weighted by atomic mass is 79.9. The quantitative estimate of drug-likeness (QED) is 0.621. The molecule has 0 aliphatic carbocycles. The number of carbonyl (C=O) groups excluding carboxylic acids is 1. The summed E-state index contributed by atoms with van der Waals surface area (Å²) in [5.74, 6) is -1.69. The predicted octanol–water partition coefficient (Wildman–Crippen LogP) is 3.38. The number of hydrogen-bond donors (Lipinski definition) is 2. The van der Waals surface area contributed by atoms with E-state index in [0.29, 0.717) is 4.68 Å². The van der Waals surface area contributed by atoms with Crippen molar-refractivity contribution < 1.29 is 22.4 Å². The Morgan fingerprint density at radius 2 is 2.00 bits per heavy atom. The second kappa shape index (κ2) is 6.52. The Morgan fingerprint density at radius 3 is 2.62 bits per heavy atom. The molecule has 12 heteroatoms. The van der Waals surface area contributed by atoms with Crippen LogP contribution >= 0.6 is 15.9 Å². The van der Waals surface area contributed by atoms with Gasteiger partial charge < -0.3 is 0 Å². The SMILES string of the molecule is Cn1nc(C(=O)Nc2n[nH]c(-c3ccccc3F)n2)c(Br)c1C(F)(F)F. The lowest BCUT2D eigenvalue weighted by atomic mass is 10.2. The van der Waals surface area contributed by atoms with Crippen molar-refractivity contribution in [3.8, 4) is 11.4 Å². The van der Waals surface area contributed by atoms with Gasteiger partial charge in [0.2, 0.25) is 5.95 Å². The molecule has 0 atom stereocenters. The minimum absolute atomic E-state index is 0.0504. The smallest absolute Gasteiger partial charge is 0.288 e. The number of aromatic nitrogens is 5. The minimum atomic E-state index is -4.69. The number of alkyl halides is 3. The molecule has 0 fully saturated rings. The Hall–Kier alpha value is -2.76. The van der Waals surface area contributed by atoms with Crippen molar-refractivity contribution in [2.24, 2.45) is 7.05 Å². The third-order valence-electron chi connectivity index (χ3n) is 3.31. The maximum atomic E-state index is 13.7. The van der Waals surface area contributed by atoms with E-state index in [9.17, 15) is 22.4 Å². The van der Waals surface area contributed by atoms with E-state index in [4.69, 9.17) is 0 Å². The van der Waals surface area contributed by atoms with Crippen molar-refractivity contribution in [2.45, 2.75) is 6.18 Å². The molecule has 0 aliphatic rings. The average Bonchev–Trinajstić information content (AvgIpc) is 3.11. The van der Waals surface area contributed by atoms with E-state index in [1.807, 2.05) is 0 Å². The summed E-state index contributed by atoms with van der Waals surface area (Å²) in [6.07, 6.45) is -4.69. The Morgan fingerprint density at radius 1 is 1.31 bits per heavy atom. The van der Waals surface area contributed by atoms with Gasteiger partial charge in [-0.15, -0.1) is 5.10 Å². The second-order valence-electron chi connectivity index (χ2n) is 5.07. The number of carbonyl (C=O) groups is 1. The summed E-state index contributed by atoms with van der Waals surface area (Å²) in [5, 5.41) is 11.9. The summed E-state index contributed by atoms with van der Waals surface area (Å²) in [7, 11) is 1.06. The first-order valence-corrected chi connectivity index (χ1v) is 7.76. The van der Waals surface area contributed by atoms with Gasteiger partial charge in [-0.3, -0.25) is 19.9 Å². The Labute approximate surface area is 151 Å². The maximum absolute atomic E-state index is 13.7. The zero-order valence-corrected chi connectivity index (χ0v) is 14.5. The number of nitrogens with zero attached hydrogens (tertiary/aromatic N) is 4. The second-order valence-corrected chi connectivity index (χ2v) is 5.87. The van der Waals surface area contributed by atoms with Gasteiger partial charge in [0.05, 0.1) is 10.0 Å². The molecule has 3 rings (SSSR count). The summed E-state index contributed by atoms with van der Waals surface area (Å²) in [4.78, 5) is 16.1. The molecule has 0 saturated heterocycles. The minimum Gasteiger partial charge on any atom is -0.288 e. The Kier molecular flexibility index (Phi) is 4.52. The van der Waals surface area contributed by atoms with Crippen molar-refractivity contribution in [3.05, 3.63) is 45.9 Å². The number of rotatable bonds is 3. The van der Waals surface area contributed by atoms with Crippen LogP contribution in [0.4, 0.5) is 23.5 Å². The Bertz CT molecular complexity index is 980. The molecule has 0 unspecified atom stereocenters. The van der Waals surface area contributed by atoms with E-state index >= 15 is 0 Å². The van der Waals surface area contributed by atoms with E-state index in [1.165, 1.54) is 18.2 Å². The zero-order valence-electron chi connectivity index (χ0n) is 12.9. The molecule has 0 bridgehead atoms. The zero-order chi connectivity index (χ0) is 19.1. The average molecular weight is 433 g/mol. The molecule has 0 saturated carbocycles. The van der Waals surface area contributed by atoms with Crippen LogP contribution in [-0.4, -0.2) is 30.9 Å². The van der Waals surface area contributed by atoms with Crippen LogP contribution in [0.1, 0.15) is 16.2 Å². The molecule has 0 spiro atoms. The van der Waals surface area contributed by atoms with Crippen LogP contribution in [0.15, 0.2) is 28.7 Å². The largest absolute Gasteiger partial charge is 0.434 e. The van der Waals surface area contributed by atoms with E-state index in [-0.39, 0.29) is 17.3 Å². The molecule has 2 N–H and O–H groups in total. The lowest BCUT2D eigenvalue weighted by molar-refractivity contribution is -0.144. The molecule has 2 heterocycles. The number of H-pyrrole nitrogens is 1. The molecule has 0 radical (unpaired) electrons. The van der Waals surface area contributed by atoms with Crippen LogP contribution in [-0.2, 0) is 13.2 Å². The van der Waals surface area contributed by atoms with Gasteiger partial charge in [0, 0.05) is 7.05 Å². The summed E-state index contributed by atoms with van der Waals surface area (Å²) < 4.78 is 52.6. The van der Waals surface area contributed by atoms with Gasteiger partial charge in [-0.1, -0.05) is 12.1 Å². The van der Waals surface area contributed by atoms with Crippen LogP contribution in [0.5, 0.6) is 0 Å². The first-order valence-electron chi connectivity index (χ1n) is 6.97. The molecule has 26 heavy (non-hydrogen) atoms. The summed E-state index contributed by atoms with van der Waals surface area (Å²) in [5.41, 5.74) is -1.47. The summed E-state index contributed by atoms with van der Waals surface area (Å²) >= 11 is 2.74. The first-order chi connectivity index (χ1) is 12.2. The number of halogens is 5. The van der Waals surface area contributed by atoms with E-state index in [1.54, 1.807) is 6.07 Å². The highest BCUT2D eigenvalue weighted by Crippen LogP contribution is 2.36. The number of aryl methyl sites for hydroxylation is 1. The lowest BCUT2D eigenvalue weighted by Crippen LogP contribution is -2.14. The van der Waals surface area contributed by atoms with Crippen LogP contribution in [0.25, 0.3) is 11.4 Å². The fourth-order valence-electron chi connectivity index (χ4n) is 2.20. The molecule has 0 aliphatic heterocycles. The number of aromatic amines is 1. The highest BCUT2D eigenvalue weighted by Gasteiger charge is 2.39. The monoisotopic (exact) mass is 432 g/mol. The van der Waals surface area contributed by atoms with Gasteiger partial charge >= 0.3 is 6.18 Å². The molecule has 136 valence electrons. The number of nitrogens with one attached hydrogen (secondary N) is 2. The molecule has 3 aromatic rings. The van der Waals surface area contributed by atoms with Crippen molar-refractivity contribution in [1.29, 1.82) is 0 Å². The van der Waals surface area contributed by atoms with Crippen molar-refractivity contribution >= 4 is 27.8 Å². The number of benzene rings is 1. The summed E-state index contributed by atoms with van der Waals surface area (Å²) in [6.45, 7) is 0. The van der Waals surface area contributed by atoms with Crippen LogP contribution in [0, 0.1) is 5.82 Å². The van der Waals surface area contributed by atoms with Gasteiger partial charge in [0.25, 0.3) is 5.91 Å². The molecular formula is C14H9BrF4N6O. The van der Waals surface area contributed by atoms with Crippen molar-refractivity contribution in [3.63, 3.8) is 0 Å². The van der Waals surface area contributed by atoms with Crippen LogP contribution in [0.3, 0.4) is 0 Å². The fourth-order valence-corrected chi connectivity index (χ4v) is 2.94. The van der Waals surface area contributed by atoms with E-state index in [0.717, 1.165) is 7.05 Å². The van der Waals surface area contributed by atoms with E-state index < -0.39 is 33.8 Å². The van der Waals surface area contributed by atoms with Crippen molar-refractivity contribution in [2.75, 3.05) is 5.32 Å². The van der Waals surface area contributed by atoms with Gasteiger partial charge in [0.1, 0.15) is 5.82 Å². The van der Waals surface area contributed by atoms with Gasteiger partial charge in [-0.25, -0.2) is 4.39 Å². The number of hydrogen-bond acceptors (Lipinski definition) is 4. The number of anilines is 1. The topological polar surface area (TPSA) is 88.5 Å². The highest BCUT2D eigenvalue weighted by molar-refractivity contribution is 9.10. The maximum Gasteiger partial charge on any atom is 0.434 e. The van der Waals surface area contributed by atoms with Gasteiger partial charge in [-0.05, 0) is 28.1 Å². The lowest BCUT2D eigenvalue weighted by Gasteiger charge is -2.06. The molecular weight excluding hydrogens is 424 g/mol. The fraction of sp³-hybridized carbons (Fsp3) is 0.143. The molecule has 1 aromatic carbocycles. The molecule has 7 nitrogen and oxygen atoms in total. The van der Waals surface area contributed by atoms with Crippen LogP contribution in [0.2, 0.25) is 0 Å². The normalized spacial score (nSPS) is 11.6. The molecule has 2 aromatic heterocycles. The third-order valence-corrected chi connectivity index (χ3v) is 4.06. The van der Waals surface area contributed by atoms with Crippen LogP contribution < -0.4 is 5.32 Å². The first kappa shape index (κ1) is 18.0. The standard InChI is InChI=1S/C14H9BrF4N6O/c1-25-10(14(17,18)19)8(15)9(24-25)12(26)21-13-20-11(22-23-13)6-4-2-3-5-7(6)16/h2-5H,1H3,(H2,20,21,22,23,26). The summed E-state index contributed by atoms with van der Waals surface area (Å²) in [6, 6.07) is 5.75. The van der Waals surface area contributed by atoms with Gasteiger partial charge in [0.15, 0.2) is 17.2 Å². The Balaban J connectivity index is 1.85. The van der Waals surface area contributed by atoms with E-state index in [2.05, 4.69) is 41.5 Å². The van der Waals surface area contributed by atoms with Crippen molar-refractivity contribution in [1.82, 2.24) is 25.0 Å². The van der Waals surface area contributed by atoms with Gasteiger partial charge in [-0.2, -0.15) is 23.3 Å².